The number of hydrogen-bond donors (Lipinski definition) is 1. The summed E-state index contributed by atoms with van der Waals surface area (Å²) >= 11 is 5.96. The first-order valence-electron chi connectivity index (χ1n) is 10.2. The van der Waals surface area contributed by atoms with Crippen molar-refractivity contribution in [2.75, 3.05) is 64.9 Å². The van der Waals surface area contributed by atoms with Crippen molar-refractivity contribution in [2.45, 2.75) is 6.92 Å². The Labute approximate surface area is 182 Å². The summed E-state index contributed by atoms with van der Waals surface area (Å²) in [6.45, 7) is 6.37. The molecule has 0 bridgehead atoms. The molecule has 2 heterocycles. The quantitative estimate of drug-likeness (QED) is 0.436. The van der Waals surface area contributed by atoms with Crippen molar-refractivity contribution < 1.29 is 14.3 Å². The molecule has 2 unspecified atom stereocenters. The fourth-order valence-electron chi connectivity index (χ4n) is 4.06. The number of benzene rings is 1. The van der Waals surface area contributed by atoms with Gasteiger partial charge in [-0.15, -0.1) is 0 Å². The second-order valence-electron chi connectivity index (χ2n) is 7.76. The van der Waals surface area contributed by atoms with E-state index in [4.69, 9.17) is 16.3 Å². The fraction of sp³-hybridized carbons (Fsp3) is 0.571. The number of nitrogens with zero attached hydrogens (tertiary/aromatic N) is 4. The van der Waals surface area contributed by atoms with Gasteiger partial charge in [-0.25, -0.2) is 0 Å². The maximum atomic E-state index is 12.7. The van der Waals surface area contributed by atoms with Gasteiger partial charge < -0.3 is 24.8 Å². The monoisotopic (exact) mass is 435 g/mol. The molecule has 30 heavy (non-hydrogen) atoms. The van der Waals surface area contributed by atoms with Gasteiger partial charge in [0.15, 0.2) is 5.96 Å². The number of likely N-dealkylation sites (tertiary alicyclic amines) is 1. The molecule has 3 rings (SSSR count). The number of carbonyl (C=O) groups is 2. The third-order valence-electron chi connectivity index (χ3n) is 5.85. The lowest BCUT2D eigenvalue weighted by molar-refractivity contribution is -0.146. The molecular formula is C21H30ClN5O3. The van der Waals surface area contributed by atoms with E-state index in [1.165, 1.54) is 7.11 Å². The van der Waals surface area contributed by atoms with Crippen LogP contribution in [0.2, 0.25) is 5.02 Å². The predicted molar refractivity (Wildman–Crippen MR) is 118 cm³/mol. The molecule has 2 aliphatic rings. The second kappa shape index (κ2) is 10.0. The molecule has 1 N–H and O–H groups in total. The van der Waals surface area contributed by atoms with E-state index in [0.29, 0.717) is 32.1 Å². The van der Waals surface area contributed by atoms with Crippen molar-refractivity contribution in [3.05, 3.63) is 29.3 Å². The van der Waals surface area contributed by atoms with Gasteiger partial charge in [-0.2, -0.15) is 0 Å². The van der Waals surface area contributed by atoms with E-state index in [1.807, 2.05) is 41.0 Å². The molecule has 1 aromatic carbocycles. The highest BCUT2D eigenvalue weighted by Gasteiger charge is 2.37. The first kappa shape index (κ1) is 22.2. The van der Waals surface area contributed by atoms with Crippen LogP contribution in [0.5, 0.6) is 0 Å². The van der Waals surface area contributed by atoms with Crippen LogP contribution in [0.3, 0.4) is 0 Å². The Morgan fingerprint density at radius 3 is 2.40 bits per heavy atom. The van der Waals surface area contributed by atoms with Crippen LogP contribution < -0.4 is 10.2 Å². The topological polar surface area (TPSA) is 77.5 Å². The van der Waals surface area contributed by atoms with E-state index in [9.17, 15) is 9.59 Å². The maximum Gasteiger partial charge on any atom is 0.310 e. The van der Waals surface area contributed by atoms with Gasteiger partial charge >= 0.3 is 5.97 Å². The summed E-state index contributed by atoms with van der Waals surface area (Å²) in [5.74, 6) is 0.484. The van der Waals surface area contributed by atoms with Crippen LogP contribution in [0.1, 0.15) is 6.92 Å². The third kappa shape index (κ3) is 5.16. The Balaban J connectivity index is 1.47. The summed E-state index contributed by atoms with van der Waals surface area (Å²) in [7, 11) is 3.10. The van der Waals surface area contributed by atoms with E-state index in [0.717, 1.165) is 23.8 Å². The number of hydrogen-bond acceptors (Lipinski definition) is 5. The Kier molecular flexibility index (Phi) is 7.42. The third-order valence-corrected chi connectivity index (χ3v) is 6.10. The molecule has 2 atom stereocenters. The minimum Gasteiger partial charge on any atom is -0.469 e. The van der Waals surface area contributed by atoms with Gasteiger partial charge in [-0.3, -0.25) is 14.6 Å². The zero-order valence-electron chi connectivity index (χ0n) is 17.8. The lowest BCUT2D eigenvalue weighted by Crippen LogP contribution is -2.52. The molecule has 0 radical (unpaired) electrons. The highest BCUT2D eigenvalue weighted by molar-refractivity contribution is 6.30. The zero-order valence-corrected chi connectivity index (χ0v) is 18.6. The molecule has 1 amide bonds. The number of rotatable bonds is 4. The number of esters is 1. The SMILES string of the molecule is CN=C(NCC(=O)N1CCN(c2ccc(Cl)cc2)CC1)N1CC(C)C(C(=O)OC)C1. The Hall–Kier alpha value is -2.48. The smallest absolute Gasteiger partial charge is 0.310 e. The summed E-state index contributed by atoms with van der Waals surface area (Å²) in [5.41, 5.74) is 1.12. The molecule has 0 saturated carbocycles. The van der Waals surface area contributed by atoms with E-state index in [2.05, 4.69) is 15.2 Å². The lowest BCUT2D eigenvalue weighted by Gasteiger charge is -2.36. The van der Waals surface area contributed by atoms with E-state index >= 15 is 0 Å². The Morgan fingerprint density at radius 1 is 1.13 bits per heavy atom. The lowest BCUT2D eigenvalue weighted by atomic mass is 9.99. The number of ether oxygens (including phenoxy) is 1. The molecule has 2 aliphatic heterocycles. The second-order valence-corrected chi connectivity index (χ2v) is 8.19. The van der Waals surface area contributed by atoms with Crippen molar-refractivity contribution in [3.8, 4) is 0 Å². The van der Waals surface area contributed by atoms with E-state index in [-0.39, 0.29) is 30.3 Å². The minimum absolute atomic E-state index is 0.0451. The van der Waals surface area contributed by atoms with Gasteiger partial charge in [-0.05, 0) is 30.2 Å². The van der Waals surface area contributed by atoms with Crippen LogP contribution >= 0.6 is 11.6 Å². The normalized spacial score (nSPS) is 22.3. The predicted octanol–water partition coefficient (Wildman–Crippen LogP) is 1.30. The van der Waals surface area contributed by atoms with Gasteiger partial charge in [0, 0.05) is 57.0 Å². The number of halogens is 1. The number of carbonyl (C=O) groups excluding carboxylic acids is 2. The first-order chi connectivity index (χ1) is 14.4. The van der Waals surface area contributed by atoms with Crippen LogP contribution in [-0.2, 0) is 14.3 Å². The first-order valence-corrected chi connectivity index (χ1v) is 10.6. The number of amides is 1. The van der Waals surface area contributed by atoms with Crippen molar-refractivity contribution in [1.29, 1.82) is 0 Å². The molecule has 0 aliphatic carbocycles. The molecule has 0 aromatic heterocycles. The number of nitrogens with one attached hydrogen (secondary N) is 1. The minimum atomic E-state index is -0.199. The average molecular weight is 436 g/mol. The summed E-state index contributed by atoms with van der Waals surface area (Å²) in [4.78, 5) is 35.0. The standard InChI is InChI=1S/C21H30ClN5O3/c1-15-13-27(14-18(15)20(29)30-3)21(23-2)24-12-19(28)26-10-8-25(9-11-26)17-6-4-16(22)5-7-17/h4-7,15,18H,8-14H2,1-3H3,(H,23,24). The average Bonchev–Trinajstić information content (AvgIpc) is 3.15. The van der Waals surface area contributed by atoms with Gasteiger partial charge in [0.25, 0.3) is 0 Å². The van der Waals surface area contributed by atoms with Crippen molar-refractivity contribution in [1.82, 2.24) is 15.1 Å². The molecule has 9 heteroatoms. The number of anilines is 1. The number of aliphatic imine (C=N–C) groups is 1. The molecule has 1 aromatic rings. The number of guanidine groups is 1. The molecular weight excluding hydrogens is 406 g/mol. The molecule has 2 fully saturated rings. The summed E-state index contributed by atoms with van der Waals surface area (Å²) in [6.07, 6.45) is 0. The van der Waals surface area contributed by atoms with Crippen molar-refractivity contribution in [3.63, 3.8) is 0 Å². The van der Waals surface area contributed by atoms with Gasteiger partial charge in [-0.1, -0.05) is 18.5 Å². The summed E-state index contributed by atoms with van der Waals surface area (Å²) < 4.78 is 4.89. The highest BCUT2D eigenvalue weighted by Crippen LogP contribution is 2.24. The maximum absolute atomic E-state index is 12.7. The van der Waals surface area contributed by atoms with Crippen molar-refractivity contribution >= 4 is 35.1 Å². The number of piperazine rings is 1. The molecule has 8 nitrogen and oxygen atoms in total. The Bertz CT molecular complexity index is 777. The Morgan fingerprint density at radius 2 is 1.80 bits per heavy atom. The largest absolute Gasteiger partial charge is 0.469 e. The van der Waals surface area contributed by atoms with Crippen LogP contribution in [0.4, 0.5) is 5.69 Å². The van der Waals surface area contributed by atoms with Crippen LogP contribution in [-0.4, -0.2) is 87.6 Å². The van der Waals surface area contributed by atoms with Gasteiger partial charge in [0.1, 0.15) is 0 Å². The molecule has 0 spiro atoms. The van der Waals surface area contributed by atoms with Crippen LogP contribution in [0.15, 0.2) is 29.3 Å². The van der Waals surface area contributed by atoms with E-state index in [1.54, 1.807) is 7.05 Å². The highest BCUT2D eigenvalue weighted by atomic mass is 35.5. The van der Waals surface area contributed by atoms with Crippen LogP contribution in [0, 0.1) is 11.8 Å². The summed E-state index contributed by atoms with van der Waals surface area (Å²) in [6, 6.07) is 7.77. The molecule has 164 valence electrons. The van der Waals surface area contributed by atoms with Crippen molar-refractivity contribution in [2.24, 2.45) is 16.8 Å². The fourth-order valence-corrected chi connectivity index (χ4v) is 4.19. The van der Waals surface area contributed by atoms with Crippen LogP contribution in [0.25, 0.3) is 0 Å². The number of methoxy groups -OCH3 is 1. The molecule has 2 saturated heterocycles. The van der Waals surface area contributed by atoms with Gasteiger partial charge in [0.2, 0.25) is 5.91 Å². The van der Waals surface area contributed by atoms with Gasteiger partial charge in [0.05, 0.1) is 19.6 Å². The zero-order chi connectivity index (χ0) is 21.7. The summed E-state index contributed by atoms with van der Waals surface area (Å²) in [5, 5.41) is 3.88. The van der Waals surface area contributed by atoms with E-state index < -0.39 is 0 Å².